The first-order valence-electron chi connectivity index (χ1n) is 9.97. The van der Waals surface area contributed by atoms with Crippen molar-refractivity contribution in [3.63, 3.8) is 0 Å². The van der Waals surface area contributed by atoms with Crippen LogP contribution in [-0.4, -0.2) is 49.7 Å². The van der Waals surface area contributed by atoms with Gasteiger partial charge in [-0.1, -0.05) is 18.6 Å². The van der Waals surface area contributed by atoms with E-state index in [1.54, 1.807) is 0 Å². The minimum Gasteiger partial charge on any atom is -0.374 e. The lowest BCUT2D eigenvalue weighted by atomic mass is 9.98. The summed E-state index contributed by atoms with van der Waals surface area (Å²) in [6.45, 7) is 9.99. The average molecular weight is 359 g/mol. The molecule has 0 unspecified atom stereocenters. The molecule has 0 radical (unpaired) electrons. The number of fused-ring (bicyclic) bond motifs is 1. The Morgan fingerprint density at radius 1 is 1.15 bits per heavy atom. The van der Waals surface area contributed by atoms with Gasteiger partial charge in [0, 0.05) is 31.4 Å². The smallest absolute Gasteiger partial charge is 0.315 e. The van der Waals surface area contributed by atoms with Gasteiger partial charge >= 0.3 is 6.03 Å². The van der Waals surface area contributed by atoms with E-state index in [0.29, 0.717) is 6.54 Å². The summed E-state index contributed by atoms with van der Waals surface area (Å²) >= 11 is 0. The van der Waals surface area contributed by atoms with Crippen molar-refractivity contribution in [2.45, 2.75) is 58.0 Å². The molecule has 2 heterocycles. The van der Waals surface area contributed by atoms with E-state index >= 15 is 0 Å². The van der Waals surface area contributed by atoms with Crippen LogP contribution in [-0.2, 0) is 6.42 Å². The van der Waals surface area contributed by atoms with E-state index in [2.05, 4.69) is 45.7 Å². The van der Waals surface area contributed by atoms with Crippen LogP contribution in [0.1, 0.15) is 57.2 Å². The van der Waals surface area contributed by atoms with Crippen LogP contribution in [0.3, 0.4) is 0 Å². The van der Waals surface area contributed by atoms with Crippen LogP contribution in [0.5, 0.6) is 0 Å². The number of rotatable bonds is 4. The lowest BCUT2D eigenvalue weighted by molar-refractivity contribution is 0.159. The van der Waals surface area contributed by atoms with Gasteiger partial charge in [0.2, 0.25) is 0 Å². The molecular weight excluding hydrogens is 324 g/mol. The van der Waals surface area contributed by atoms with Gasteiger partial charge in [-0.25, -0.2) is 4.79 Å². The highest BCUT2D eigenvalue weighted by Gasteiger charge is 2.25. The maximum atomic E-state index is 12.3. The van der Waals surface area contributed by atoms with Crippen LogP contribution in [0.4, 0.5) is 10.5 Å². The summed E-state index contributed by atoms with van der Waals surface area (Å²) in [6, 6.07) is 7.03. The molecule has 1 aromatic rings. The molecule has 2 N–H and O–H groups in total. The van der Waals surface area contributed by atoms with Crippen molar-refractivity contribution < 1.29 is 4.79 Å². The maximum absolute atomic E-state index is 12.3. The van der Waals surface area contributed by atoms with E-state index < -0.39 is 0 Å². The topological polar surface area (TPSA) is 47.6 Å². The van der Waals surface area contributed by atoms with Gasteiger partial charge in [0.15, 0.2) is 0 Å². The molecular formula is C21H34N4O. The third-order valence-electron chi connectivity index (χ3n) is 5.39. The molecule has 2 aliphatic heterocycles. The summed E-state index contributed by atoms with van der Waals surface area (Å²) in [5.74, 6) is 0. The van der Waals surface area contributed by atoms with Gasteiger partial charge in [-0.05, 0) is 70.3 Å². The molecule has 5 heteroatoms. The van der Waals surface area contributed by atoms with Crippen LogP contribution in [0.25, 0.3) is 0 Å². The van der Waals surface area contributed by atoms with Crippen LogP contribution in [0.2, 0.25) is 0 Å². The molecule has 2 aliphatic rings. The van der Waals surface area contributed by atoms with E-state index in [-0.39, 0.29) is 17.6 Å². The first-order valence-corrected chi connectivity index (χ1v) is 9.97. The van der Waals surface area contributed by atoms with E-state index in [0.717, 1.165) is 26.1 Å². The standard InChI is InChI=1S/C21H34N4O/c1-21(2,3)23-20(26)22-15-19(25-11-6-5-7-12-25)16-8-9-18-17(14-16)10-13-24(18)4/h8-9,14,19H,5-7,10-13,15H2,1-4H3,(H2,22,23,26)/t19-/m0/s1. The summed E-state index contributed by atoms with van der Waals surface area (Å²) < 4.78 is 0. The zero-order valence-corrected chi connectivity index (χ0v) is 16.8. The van der Waals surface area contributed by atoms with Gasteiger partial charge in [0.25, 0.3) is 0 Å². The van der Waals surface area contributed by atoms with Crippen LogP contribution in [0, 0.1) is 0 Å². The number of benzene rings is 1. The fraction of sp³-hybridized carbons (Fsp3) is 0.667. The number of nitrogens with one attached hydrogen (secondary N) is 2. The van der Waals surface area contributed by atoms with Crippen molar-refractivity contribution in [2.75, 3.05) is 38.1 Å². The van der Waals surface area contributed by atoms with E-state index in [1.807, 2.05) is 20.8 Å². The number of likely N-dealkylation sites (N-methyl/N-ethyl adjacent to an activating group) is 1. The molecule has 5 nitrogen and oxygen atoms in total. The molecule has 0 aliphatic carbocycles. The second kappa shape index (κ2) is 7.87. The molecule has 1 aromatic carbocycles. The van der Waals surface area contributed by atoms with Crippen molar-refractivity contribution in [1.29, 1.82) is 0 Å². The molecule has 3 rings (SSSR count). The van der Waals surface area contributed by atoms with Crippen molar-refractivity contribution >= 4 is 11.7 Å². The summed E-state index contributed by atoms with van der Waals surface area (Å²) in [5.41, 5.74) is 3.90. The Bertz CT molecular complexity index is 631. The predicted octanol–water partition coefficient (Wildman–Crippen LogP) is 3.30. The number of anilines is 1. The van der Waals surface area contributed by atoms with Gasteiger partial charge in [0.05, 0.1) is 6.04 Å². The summed E-state index contributed by atoms with van der Waals surface area (Å²) in [7, 11) is 2.16. The van der Waals surface area contributed by atoms with Gasteiger partial charge < -0.3 is 15.5 Å². The molecule has 0 saturated carbocycles. The quantitative estimate of drug-likeness (QED) is 0.868. The molecule has 0 aromatic heterocycles. The summed E-state index contributed by atoms with van der Waals surface area (Å²) in [5, 5.41) is 6.11. The van der Waals surface area contributed by atoms with E-state index in [1.165, 1.54) is 36.1 Å². The number of piperidine rings is 1. The molecule has 1 saturated heterocycles. The number of hydrogen-bond donors (Lipinski definition) is 2. The van der Waals surface area contributed by atoms with Crippen LogP contribution >= 0.6 is 0 Å². The molecule has 144 valence electrons. The second-order valence-corrected chi connectivity index (χ2v) is 8.76. The van der Waals surface area contributed by atoms with Gasteiger partial charge in [-0.2, -0.15) is 0 Å². The lowest BCUT2D eigenvalue weighted by Crippen LogP contribution is -2.49. The molecule has 1 atom stereocenters. The SMILES string of the molecule is CN1CCc2cc([C@H](CNC(=O)NC(C)(C)C)N3CCCCC3)ccc21. The number of carbonyl (C=O) groups is 1. The molecule has 1 fully saturated rings. The molecule has 26 heavy (non-hydrogen) atoms. The fourth-order valence-corrected chi connectivity index (χ4v) is 4.06. The second-order valence-electron chi connectivity index (χ2n) is 8.76. The number of nitrogens with zero attached hydrogens (tertiary/aromatic N) is 2. The highest BCUT2D eigenvalue weighted by molar-refractivity contribution is 5.74. The monoisotopic (exact) mass is 358 g/mol. The Kier molecular flexibility index (Phi) is 5.76. The van der Waals surface area contributed by atoms with Crippen molar-refractivity contribution in [2.24, 2.45) is 0 Å². The van der Waals surface area contributed by atoms with Crippen molar-refractivity contribution in [1.82, 2.24) is 15.5 Å². The Balaban J connectivity index is 1.74. The van der Waals surface area contributed by atoms with Crippen LogP contribution in [0.15, 0.2) is 18.2 Å². The van der Waals surface area contributed by atoms with Crippen LogP contribution < -0.4 is 15.5 Å². The van der Waals surface area contributed by atoms with Gasteiger partial charge in [-0.15, -0.1) is 0 Å². The highest BCUT2D eigenvalue weighted by atomic mass is 16.2. The first kappa shape index (κ1) is 19.0. The predicted molar refractivity (Wildman–Crippen MR) is 108 cm³/mol. The fourth-order valence-electron chi connectivity index (χ4n) is 4.06. The number of carbonyl (C=O) groups excluding carboxylic acids is 1. The number of hydrogen-bond acceptors (Lipinski definition) is 3. The highest BCUT2D eigenvalue weighted by Crippen LogP contribution is 2.32. The zero-order chi connectivity index (χ0) is 18.7. The lowest BCUT2D eigenvalue weighted by Gasteiger charge is -2.35. The molecule has 0 spiro atoms. The average Bonchev–Trinajstić information content (AvgIpc) is 2.95. The summed E-state index contributed by atoms with van der Waals surface area (Å²) in [4.78, 5) is 17.1. The molecule has 2 amide bonds. The first-order chi connectivity index (χ1) is 12.3. The largest absolute Gasteiger partial charge is 0.374 e. The van der Waals surface area contributed by atoms with Gasteiger partial charge in [-0.3, -0.25) is 4.90 Å². The van der Waals surface area contributed by atoms with E-state index in [9.17, 15) is 4.79 Å². The number of likely N-dealkylation sites (tertiary alicyclic amines) is 1. The zero-order valence-electron chi connectivity index (χ0n) is 16.8. The third kappa shape index (κ3) is 4.70. The molecule has 0 bridgehead atoms. The minimum atomic E-state index is -0.219. The third-order valence-corrected chi connectivity index (χ3v) is 5.39. The van der Waals surface area contributed by atoms with Gasteiger partial charge in [0.1, 0.15) is 0 Å². The maximum Gasteiger partial charge on any atom is 0.315 e. The summed E-state index contributed by atoms with van der Waals surface area (Å²) in [6.07, 6.45) is 4.93. The Morgan fingerprint density at radius 2 is 1.88 bits per heavy atom. The minimum absolute atomic E-state index is 0.0830. The number of amides is 2. The Hall–Kier alpha value is -1.75. The van der Waals surface area contributed by atoms with Crippen molar-refractivity contribution in [3.8, 4) is 0 Å². The Labute approximate surface area is 158 Å². The van der Waals surface area contributed by atoms with E-state index in [4.69, 9.17) is 0 Å². The number of urea groups is 1. The van der Waals surface area contributed by atoms with Crippen molar-refractivity contribution in [3.05, 3.63) is 29.3 Å². The normalized spacial score (nSPS) is 19.2. The Morgan fingerprint density at radius 3 is 2.58 bits per heavy atom.